The first kappa shape index (κ1) is 20.6. The molecule has 0 bridgehead atoms. The van der Waals surface area contributed by atoms with E-state index in [9.17, 15) is 9.59 Å². The molecule has 0 saturated heterocycles. The van der Waals surface area contributed by atoms with E-state index in [0.717, 1.165) is 49.5 Å². The molecule has 1 aromatic carbocycles. The molecule has 5 nitrogen and oxygen atoms in total. The first-order chi connectivity index (χ1) is 13.6. The van der Waals surface area contributed by atoms with Crippen LogP contribution < -0.4 is 10.6 Å². The second kappa shape index (κ2) is 9.92. The number of carbonyl (C=O) groups excluding carboxylic acids is 2. The molecule has 2 aromatic rings. The quantitative estimate of drug-likeness (QED) is 0.654. The van der Waals surface area contributed by atoms with Gasteiger partial charge in [0.15, 0.2) is 5.12 Å². The van der Waals surface area contributed by atoms with Crippen molar-refractivity contribution in [3.63, 3.8) is 0 Å². The second-order valence-electron chi connectivity index (χ2n) is 7.31. The highest BCUT2D eigenvalue weighted by Crippen LogP contribution is 2.33. The molecule has 1 unspecified atom stereocenters. The van der Waals surface area contributed by atoms with Crippen LogP contribution in [0.5, 0.6) is 0 Å². The summed E-state index contributed by atoms with van der Waals surface area (Å²) in [7, 11) is 0. The molecule has 1 heterocycles. The Kier molecular flexibility index (Phi) is 7.31. The maximum Gasteiger partial charge on any atom is 0.233 e. The lowest BCUT2D eigenvalue weighted by Gasteiger charge is -2.21. The summed E-state index contributed by atoms with van der Waals surface area (Å²) >= 11 is 1.07. The zero-order valence-electron chi connectivity index (χ0n) is 16.7. The number of hydrogen-bond donors (Lipinski definition) is 2. The number of thioether (sulfide) groups is 1. The van der Waals surface area contributed by atoms with Crippen LogP contribution in [0.4, 0.5) is 5.69 Å². The molecule has 1 aliphatic rings. The lowest BCUT2D eigenvalue weighted by atomic mass is 9.92. The van der Waals surface area contributed by atoms with Gasteiger partial charge in [-0.3, -0.25) is 14.6 Å². The number of benzene rings is 1. The van der Waals surface area contributed by atoms with Crippen LogP contribution in [-0.4, -0.2) is 34.3 Å². The molecule has 6 heteroatoms. The number of hydrogen-bond acceptors (Lipinski definition) is 5. The summed E-state index contributed by atoms with van der Waals surface area (Å²) in [6, 6.07) is 8.35. The number of unbranched alkanes of at least 4 members (excludes halogenated alkanes) is 1. The van der Waals surface area contributed by atoms with Crippen molar-refractivity contribution in [3.8, 4) is 0 Å². The van der Waals surface area contributed by atoms with Crippen molar-refractivity contribution in [2.75, 3.05) is 18.4 Å². The Bertz CT molecular complexity index is 853. The third kappa shape index (κ3) is 5.25. The lowest BCUT2D eigenvalue weighted by molar-refractivity contribution is -0.120. The number of nitrogens with one attached hydrogen (secondary N) is 2. The van der Waals surface area contributed by atoms with Gasteiger partial charge in [0.1, 0.15) is 0 Å². The van der Waals surface area contributed by atoms with E-state index in [1.54, 1.807) is 6.92 Å². The zero-order valence-corrected chi connectivity index (χ0v) is 17.5. The number of pyridine rings is 1. The fourth-order valence-electron chi connectivity index (χ4n) is 3.70. The molecule has 1 aromatic heterocycles. The average Bonchev–Trinajstić information content (AvgIpc) is 2.69. The van der Waals surface area contributed by atoms with Crippen molar-refractivity contribution in [1.82, 2.24) is 10.3 Å². The second-order valence-corrected chi connectivity index (χ2v) is 8.83. The van der Waals surface area contributed by atoms with E-state index in [1.807, 2.05) is 6.07 Å². The maximum absolute atomic E-state index is 11.9. The predicted octanol–water partition coefficient (Wildman–Crippen LogP) is 4.09. The van der Waals surface area contributed by atoms with E-state index >= 15 is 0 Å². The van der Waals surface area contributed by atoms with Crippen molar-refractivity contribution >= 4 is 39.4 Å². The van der Waals surface area contributed by atoms with Crippen LogP contribution in [0.2, 0.25) is 0 Å². The Morgan fingerprint density at radius 1 is 1.14 bits per heavy atom. The normalized spacial score (nSPS) is 14.4. The molecule has 0 saturated carbocycles. The van der Waals surface area contributed by atoms with Crippen LogP contribution >= 0.6 is 11.8 Å². The Morgan fingerprint density at radius 3 is 2.71 bits per heavy atom. The SMILES string of the molecule is CC(=O)SC(C)C(=O)NCCCCNc1c2c(nc3ccccc13)CCCC2. The molecule has 0 aliphatic heterocycles. The predicted molar refractivity (Wildman–Crippen MR) is 117 cm³/mol. The van der Waals surface area contributed by atoms with E-state index in [1.165, 1.54) is 42.1 Å². The first-order valence-corrected chi connectivity index (χ1v) is 11.0. The molecule has 3 rings (SSSR count). The monoisotopic (exact) mass is 399 g/mol. The van der Waals surface area contributed by atoms with Crippen LogP contribution in [-0.2, 0) is 22.4 Å². The van der Waals surface area contributed by atoms with Gasteiger partial charge in [-0.25, -0.2) is 0 Å². The molecule has 1 amide bonds. The summed E-state index contributed by atoms with van der Waals surface area (Å²) in [5, 5.41) is 7.41. The van der Waals surface area contributed by atoms with Crippen LogP contribution in [0.15, 0.2) is 24.3 Å². The van der Waals surface area contributed by atoms with Gasteiger partial charge in [0.25, 0.3) is 0 Å². The minimum absolute atomic E-state index is 0.0280. The van der Waals surface area contributed by atoms with Crippen molar-refractivity contribution in [2.45, 2.75) is 57.6 Å². The van der Waals surface area contributed by atoms with Gasteiger partial charge in [0.05, 0.1) is 10.8 Å². The molecule has 2 N–H and O–H groups in total. The van der Waals surface area contributed by atoms with E-state index in [2.05, 4.69) is 28.8 Å². The highest BCUT2D eigenvalue weighted by Gasteiger charge is 2.18. The third-order valence-corrected chi connectivity index (χ3v) is 5.99. The van der Waals surface area contributed by atoms with Crippen molar-refractivity contribution in [3.05, 3.63) is 35.5 Å². The Hall–Kier alpha value is -2.08. The van der Waals surface area contributed by atoms with Gasteiger partial charge in [-0.2, -0.15) is 0 Å². The molecule has 28 heavy (non-hydrogen) atoms. The number of rotatable bonds is 8. The Balaban J connectivity index is 1.52. The van der Waals surface area contributed by atoms with Gasteiger partial charge < -0.3 is 10.6 Å². The molecule has 0 spiro atoms. The summed E-state index contributed by atoms with van der Waals surface area (Å²) in [5.41, 5.74) is 4.94. The van der Waals surface area contributed by atoms with Crippen molar-refractivity contribution in [1.29, 1.82) is 0 Å². The largest absolute Gasteiger partial charge is 0.384 e. The number of aromatic nitrogens is 1. The van der Waals surface area contributed by atoms with Crippen molar-refractivity contribution < 1.29 is 9.59 Å². The molecule has 1 aliphatic carbocycles. The number of fused-ring (bicyclic) bond motifs is 2. The lowest BCUT2D eigenvalue weighted by Crippen LogP contribution is -2.32. The number of carbonyl (C=O) groups is 2. The van der Waals surface area contributed by atoms with Gasteiger partial charge in [0.2, 0.25) is 5.91 Å². The van der Waals surface area contributed by atoms with Crippen LogP contribution in [0.25, 0.3) is 10.9 Å². The smallest absolute Gasteiger partial charge is 0.233 e. The summed E-state index contributed by atoms with van der Waals surface area (Å²) in [6.07, 6.45) is 6.48. The zero-order chi connectivity index (χ0) is 19.9. The van der Waals surface area contributed by atoms with Gasteiger partial charge in [0, 0.05) is 36.8 Å². The molecule has 1 atom stereocenters. The highest BCUT2D eigenvalue weighted by atomic mass is 32.2. The number of para-hydroxylation sites is 1. The third-order valence-electron chi connectivity index (χ3n) is 5.09. The first-order valence-electron chi connectivity index (χ1n) is 10.2. The molecular weight excluding hydrogens is 370 g/mol. The van der Waals surface area contributed by atoms with E-state index in [0.29, 0.717) is 6.54 Å². The average molecular weight is 400 g/mol. The molecule has 0 fully saturated rings. The topological polar surface area (TPSA) is 71.1 Å². The fourth-order valence-corrected chi connectivity index (χ4v) is 4.38. The van der Waals surface area contributed by atoms with Crippen LogP contribution in [0, 0.1) is 0 Å². The Morgan fingerprint density at radius 2 is 1.89 bits per heavy atom. The summed E-state index contributed by atoms with van der Waals surface area (Å²) in [6.45, 7) is 4.76. The maximum atomic E-state index is 11.9. The number of nitrogens with zero attached hydrogens (tertiary/aromatic N) is 1. The molecule has 0 radical (unpaired) electrons. The molecule has 150 valence electrons. The number of anilines is 1. The highest BCUT2D eigenvalue weighted by molar-refractivity contribution is 8.14. The minimum atomic E-state index is -0.328. The standard InChI is InChI=1S/C22H29N3O2S/c1-15(28-16(2)26)22(27)24-14-8-7-13-23-21-17-9-3-5-11-19(17)25-20-12-6-4-10-18(20)21/h3,5,9,11,15H,4,6-8,10,12-14H2,1-2H3,(H,23,25)(H,24,27). The fraction of sp³-hybridized carbons (Fsp3) is 0.500. The van der Waals surface area contributed by atoms with Crippen molar-refractivity contribution in [2.24, 2.45) is 0 Å². The van der Waals surface area contributed by atoms with E-state index in [4.69, 9.17) is 4.98 Å². The Labute approximate surface area is 171 Å². The number of aryl methyl sites for hydroxylation is 1. The number of amides is 1. The summed E-state index contributed by atoms with van der Waals surface area (Å²) in [5.74, 6) is -0.0673. The van der Waals surface area contributed by atoms with Gasteiger partial charge >= 0.3 is 0 Å². The minimum Gasteiger partial charge on any atom is -0.384 e. The van der Waals surface area contributed by atoms with Gasteiger partial charge in [-0.05, 0) is 57.1 Å². The molecular formula is C22H29N3O2S. The van der Waals surface area contributed by atoms with Gasteiger partial charge in [-0.1, -0.05) is 30.0 Å². The van der Waals surface area contributed by atoms with Gasteiger partial charge in [-0.15, -0.1) is 0 Å². The van der Waals surface area contributed by atoms with E-state index < -0.39 is 0 Å². The summed E-state index contributed by atoms with van der Waals surface area (Å²) in [4.78, 5) is 27.9. The van der Waals surface area contributed by atoms with E-state index in [-0.39, 0.29) is 16.3 Å². The van der Waals surface area contributed by atoms with Crippen LogP contribution in [0.1, 0.15) is 50.8 Å². The summed E-state index contributed by atoms with van der Waals surface area (Å²) < 4.78 is 0. The van der Waals surface area contributed by atoms with Crippen LogP contribution in [0.3, 0.4) is 0 Å².